The van der Waals surface area contributed by atoms with E-state index in [1.807, 2.05) is 30.3 Å². The largest absolute Gasteiger partial charge is 0.327 e. The molecule has 2 N–H and O–H groups in total. The zero-order valence-electron chi connectivity index (χ0n) is 13.9. The number of aryl methyl sites for hydroxylation is 1. The molecule has 128 valence electrons. The average molecular weight is 337 g/mol. The monoisotopic (exact) mass is 337 g/mol. The molecule has 1 aromatic heterocycles. The summed E-state index contributed by atoms with van der Waals surface area (Å²) < 4.78 is 1.64. The van der Waals surface area contributed by atoms with Crippen LogP contribution >= 0.6 is 0 Å². The molecule has 2 heterocycles. The standard InChI is InChI=1S/C18H19N5O2/c1-22-13-15(12-20-22)23-11-9-16(17(23)24)21-18(25)19-10-5-8-14-6-3-2-4-7-14/h2-4,6-7,12-13,16H,9-11H2,1H3,(H2,19,21,25)/t16-/m1/s1. The Morgan fingerprint density at radius 2 is 2.16 bits per heavy atom. The van der Waals surface area contributed by atoms with Crippen LogP contribution in [0.25, 0.3) is 0 Å². The predicted octanol–water partition coefficient (Wildman–Crippen LogP) is 0.876. The van der Waals surface area contributed by atoms with E-state index in [-0.39, 0.29) is 12.5 Å². The Morgan fingerprint density at radius 1 is 1.36 bits per heavy atom. The van der Waals surface area contributed by atoms with Crippen LogP contribution in [0, 0.1) is 11.8 Å². The van der Waals surface area contributed by atoms with Gasteiger partial charge in [0.2, 0.25) is 5.91 Å². The fourth-order valence-corrected chi connectivity index (χ4v) is 2.62. The lowest BCUT2D eigenvalue weighted by molar-refractivity contribution is -0.118. The van der Waals surface area contributed by atoms with Gasteiger partial charge in [0.15, 0.2) is 0 Å². The van der Waals surface area contributed by atoms with Gasteiger partial charge in [-0.2, -0.15) is 5.10 Å². The van der Waals surface area contributed by atoms with E-state index in [1.54, 1.807) is 29.0 Å². The van der Waals surface area contributed by atoms with Crippen molar-refractivity contribution in [1.82, 2.24) is 20.4 Å². The molecule has 1 aromatic carbocycles. The van der Waals surface area contributed by atoms with Gasteiger partial charge in [0.1, 0.15) is 6.04 Å². The molecule has 1 saturated heterocycles. The van der Waals surface area contributed by atoms with E-state index in [0.29, 0.717) is 13.0 Å². The van der Waals surface area contributed by atoms with Crippen molar-refractivity contribution in [2.75, 3.05) is 18.0 Å². The van der Waals surface area contributed by atoms with Gasteiger partial charge in [0.05, 0.1) is 18.4 Å². The van der Waals surface area contributed by atoms with Crippen LogP contribution in [0.2, 0.25) is 0 Å². The first-order valence-corrected chi connectivity index (χ1v) is 8.02. The van der Waals surface area contributed by atoms with Crippen LogP contribution in [0.4, 0.5) is 10.5 Å². The molecule has 2 aromatic rings. The van der Waals surface area contributed by atoms with Gasteiger partial charge >= 0.3 is 6.03 Å². The second kappa shape index (κ2) is 7.53. The first-order valence-electron chi connectivity index (χ1n) is 8.02. The normalized spacial score (nSPS) is 16.3. The second-order valence-corrected chi connectivity index (χ2v) is 5.70. The molecule has 1 aliphatic heterocycles. The van der Waals surface area contributed by atoms with Crippen molar-refractivity contribution in [3.8, 4) is 11.8 Å². The molecule has 7 nitrogen and oxygen atoms in total. The highest BCUT2D eigenvalue weighted by Gasteiger charge is 2.34. The lowest BCUT2D eigenvalue weighted by atomic mass is 10.2. The first-order chi connectivity index (χ1) is 12.1. The highest BCUT2D eigenvalue weighted by Crippen LogP contribution is 2.20. The van der Waals surface area contributed by atoms with Gasteiger partial charge in [-0.05, 0) is 18.6 Å². The summed E-state index contributed by atoms with van der Waals surface area (Å²) in [5.41, 5.74) is 1.63. The fraction of sp³-hybridized carbons (Fsp3) is 0.278. The SMILES string of the molecule is Cn1cc(N2CC[C@@H](NC(=O)NCC#Cc3ccccc3)C2=O)cn1. The van der Waals surface area contributed by atoms with E-state index in [4.69, 9.17) is 0 Å². The Hall–Kier alpha value is -3.27. The number of amides is 3. The summed E-state index contributed by atoms with van der Waals surface area (Å²) in [6.45, 7) is 0.775. The summed E-state index contributed by atoms with van der Waals surface area (Å²) in [5.74, 6) is 5.71. The Balaban J connectivity index is 1.47. The third kappa shape index (κ3) is 4.18. The summed E-state index contributed by atoms with van der Waals surface area (Å²) >= 11 is 0. The number of nitrogens with zero attached hydrogens (tertiary/aromatic N) is 3. The summed E-state index contributed by atoms with van der Waals surface area (Å²) in [6, 6.07) is 8.61. The molecule has 7 heteroatoms. The van der Waals surface area contributed by atoms with Crippen molar-refractivity contribution >= 4 is 17.6 Å². The Morgan fingerprint density at radius 3 is 2.88 bits per heavy atom. The maximum atomic E-state index is 12.4. The van der Waals surface area contributed by atoms with Crippen molar-refractivity contribution in [2.45, 2.75) is 12.5 Å². The number of aromatic nitrogens is 2. The van der Waals surface area contributed by atoms with Crippen molar-refractivity contribution < 1.29 is 9.59 Å². The van der Waals surface area contributed by atoms with E-state index >= 15 is 0 Å². The zero-order chi connectivity index (χ0) is 17.6. The number of hydrogen-bond donors (Lipinski definition) is 2. The van der Waals surface area contributed by atoms with Gasteiger partial charge in [0.25, 0.3) is 0 Å². The van der Waals surface area contributed by atoms with E-state index < -0.39 is 12.1 Å². The number of hydrogen-bond acceptors (Lipinski definition) is 3. The quantitative estimate of drug-likeness (QED) is 0.816. The summed E-state index contributed by atoms with van der Waals surface area (Å²) in [7, 11) is 1.80. The van der Waals surface area contributed by atoms with Crippen LogP contribution in [0.3, 0.4) is 0 Å². The van der Waals surface area contributed by atoms with Gasteiger partial charge in [-0.1, -0.05) is 30.0 Å². The fourth-order valence-electron chi connectivity index (χ4n) is 2.62. The molecule has 0 bridgehead atoms. The van der Waals surface area contributed by atoms with Crippen LogP contribution in [-0.4, -0.2) is 40.9 Å². The lowest BCUT2D eigenvalue weighted by Crippen LogP contribution is -2.46. The van der Waals surface area contributed by atoms with Crippen LogP contribution in [0.1, 0.15) is 12.0 Å². The molecule has 0 radical (unpaired) electrons. The van der Waals surface area contributed by atoms with Crippen LogP contribution < -0.4 is 15.5 Å². The number of nitrogens with one attached hydrogen (secondary N) is 2. The summed E-state index contributed by atoms with van der Waals surface area (Å²) in [5, 5.41) is 9.41. The Bertz CT molecular complexity index is 819. The Labute approximate surface area is 146 Å². The molecule has 3 rings (SSSR count). The van der Waals surface area contributed by atoms with E-state index in [0.717, 1.165) is 11.3 Å². The van der Waals surface area contributed by atoms with Crippen molar-refractivity contribution in [2.24, 2.45) is 7.05 Å². The molecule has 0 spiro atoms. The molecule has 0 saturated carbocycles. The number of carbonyl (C=O) groups excluding carboxylic acids is 2. The third-order valence-electron chi connectivity index (χ3n) is 3.86. The van der Waals surface area contributed by atoms with Crippen molar-refractivity contribution in [1.29, 1.82) is 0 Å². The smallest absolute Gasteiger partial charge is 0.316 e. The summed E-state index contributed by atoms with van der Waals surface area (Å²) in [6.07, 6.45) is 3.98. The molecule has 0 aliphatic carbocycles. The molecule has 1 aliphatic rings. The predicted molar refractivity (Wildman–Crippen MR) is 93.8 cm³/mol. The van der Waals surface area contributed by atoms with Crippen LogP contribution in [0.5, 0.6) is 0 Å². The van der Waals surface area contributed by atoms with Crippen molar-refractivity contribution in [3.05, 3.63) is 48.3 Å². The summed E-state index contributed by atoms with van der Waals surface area (Å²) in [4.78, 5) is 25.9. The molecular weight excluding hydrogens is 318 g/mol. The first kappa shape index (κ1) is 16.6. The minimum Gasteiger partial charge on any atom is -0.327 e. The van der Waals surface area contributed by atoms with E-state index in [1.165, 1.54) is 0 Å². The number of benzene rings is 1. The number of carbonyl (C=O) groups is 2. The van der Waals surface area contributed by atoms with Gasteiger partial charge in [-0.3, -0.25) is 9.48 Å². The minimum absolute atomic E-state index is 0.126. The zero-order valence-corrected chi connectivity index (χ0v) is 13.9. The van der Waals surface area contributed by atoms with Crippen LogP contribution in [0.15, 0.2) is 42.7 Å². The third-order valence-corrected chi connectivity index (χ3v) is 3.86. The highest BCUT2D eigenvalue weighted by atomic mass is 16.2. The number of rotatable bonds is 3. The number of anilines is 1. The van der Waals surface area contributed by atoms with E-state index in [2.05, 4.69) is 27.6 Å². The highest BCUT2D eigenvalue weighted by molar-refractivity contribution is 6.01. The Kier molecular flexibility index (Phi) is 5.00. The van der Waals surface area contributed by atoms with Gasteiger partial charge in [0, 0.05) is 25.4 Å². The maximum Gasteiger partial charge on any atom is 0.316 e. The van der Waals surface area contributed by atoms with E-state index in [9.17, 15) is 9.59 Å². The maximum absolute atomic E-state index is 12.4. The minimum atomic E-state index is -0.526. The van der Waals surface area contributed by atoms with Gasteiger partial charge in [-0.25, -0.2) is 4.79 Å². The van der Waals surface area contributed by atoms with Crippen LogP contribution in [-0.2, 0) is 11.8 Å². The average Bonchev–Trinajstić information content (AvgIpc) is 3.19. The molecule has 1 fully saturated rings. The molecule has 25 heavy (non-hydrogen) atoms. The number of urea groups is 1. The van der Waals surface area contributed by atoms with Gasteiger partial charge < -0.3 is 15.5 Å². The lowest BCUT2D eigenvalue weighted by Gasteiger charge is -2.15. The second-order valence-electron chi connectivity index (χ2n) is 5.70. The molecule has 1 atom stereocenters. The van der Waals surface area contributed by atoms with Gasteiger partial charge in [-0.15, -0.1) is 0 Å². The molecule has 3 amide bonds. The molecule has 0 unspecified atom stereocenters. The van der Waals surface area contributed by atoms with Crippen molar-refractivity contribution in [3.63, 3.8) is 0 Å². The topological polar surface area (TPSA) is 79.3 Å². The molecular formula is C18H19N5O2.